The van der Waals surface area contributed by atoms with Crippen molar-refractivity contribution in [3.8, 4) is 0 Å². The lowest BCUT2D eigenvalue weighted by molar-refractivity contribution is 1.41. The van der Waals surface area contributed by atoms with Crippen molar-refractivity contribution in [2.45, 2.75) is 6.92 Å². The maximum Gasteiger partial charge on any atom is 0.132 e. The third kappa shape index (κ3) is 1.67. The Bertz CT molecular complexity index is 314. The number of thioether (sulfide) groups is 2. The molecular weight excluding hydrogens is 186 g/mol. The van der Waals surface area contributed by atoms with Gasteiger partial charge in [0, 0.05) is 0 Å². The summed E-state index contributed by atoms with van der Waals surface area (Å²) in [5.41, 5.74) is 2.35. The van der Waals surface area contributed by atoms with Gasteiger partial charge in [0.05, 0.1) is 10.8 Å². The third-order valence-electron chi connectivity index (χ3n) is 1.69. The summed E-state index contributed by atoms with van der Waals surface area (Å²) in [4.78, 5) is 4.51. The smallest absolute Gasteiger partial charge is 0.132 e. The second-order valence-electron chi connectivity index (χ2n) is 2.57. The van der Waals surface area contributed by atoms with Crippen LogP contribution in [0.2, 0.25) is 0 Å². The summed E-state index contributed by atoms with van der Waals surface area (Å²) in [6.07, 6.45) is 0. The first kappa shape index (κ1) is 8.20. The van der Waals surface area contributed by atoms with Crippen LogP contribution in [0, 0.1) is 6.92 Å². The molecule has 0 bridgehead atoms. The van der Waals surface area contributed by atoms with Gasteiger partial charge in [-0.15, -0.1) is 0 Å². The summed E-state index contributed by atoms with van der Waals surface area (Å²) in [6.45, 7) is 2.09. The molecule has 1 aliphatic heterocycles. The molecule has 1 fully saturated rings. The van der Waals surface area contributed by atoms with E-state index >= 15 is 0 Å². The summed E-state index contributed by atoms with van der Waals surface area (Å²) in [7, 11) is 0. The molecule has 3 heteroatoms. The Morgan fingerprint density at radius 1 is 1.25 bits per heavy atom. The highest BCUT2D eigenvalue weighted by Crippen LogP contribution is 2.35. The molecule has 0 unspecified atom stereocenters. The fraction of sp³-hybridized carbons (Fsp3) is 0.222. The molecule has 62 valence electrons. The fourth-order valence-corrected chi connectivity index (χ4v) is 2.18. The Kier molecular flexibility index (Phi) is 2.42. The van der Waals surface area contributed by atoms with E-state index < -0.39 is 0 Å². The van der Waals surface area contributed by atoms with Crippen LogP contribution >= 0.6 is 23.5 Å². The number of aliphatic imine (C=N–C) groups is 1. The third-order valence-corrected chi connectivity index (χ3v) is 4.02. The second kappa shape index (κ2) is 3.54. The number of nitrogens with zero attached hydrogens (tertiary/aromatic N) is 1. The van der Waals surface area contributed by atoms with Crippen LogP contribution in [0.5, 0.6) is 0 Å². The molecule has 1 saturated heterocycles. The van der Waals surface area contributed by atoms with Crippen LogP contribution in [0.25, 0.3) is 0 Å². The topological polar surface area (TPSA) is 12.4 Å². The van der Waals surface area contributed by atoms with Gasteiger partial charge in [0.1, 0.15) is 4.38 Å². The minimum Gasteiger partial charge on any atom is -0.235 e. The minimum atomic E-state index is 1.10. The van der Waals surface area contributed by atoms with E-state index in [9.17, 15) is 0 Å². The number of hydrogen-bond acceptors (Lipinski definition) is 3. The predicted octanol–water partition coefficient (Wildman–Crippen LogP) is 3.42. The highest BCUT2D eigenvalue weighted by atomic mass is 32.3. The SMILES string of the molecule is Cc1ccccc1N=C1SCS1. The molecular formula is C9H9NS2. The van der Waals surface area contributed by atoms with E-state index in [1.165, 1.54) is 9.94 Å². The molecule has 0 radical (unpaired) electrons. The first-order valence-corrected chi connectivity index (χ1v) is 5.73. The molecule has 1 aromatic rings. The van der Waals surface area contributed by atoms with Crippen molar-refractivity contribution in [3.05, 3.63) is 29.8 Å². The van der Waals surface area contributed by atoms with E-state index in [1.54, 1.807) is 0 Å². The molecule has 1 heterocycles. The predicted molar refractivity (Wildman–Crippen MR) is 58.3 cm³/mol. The molecule has 0 atom stereocenters. The average molecular weight is 195 g/mol. The number of aryl methyl sites for hydroxylation is 1. The van der Waals surface area contributed by atoms with E-state index in [2.05, 4.69) is 24.0 Å². The van der Waals surface area contributed by atoms with Crippen molar-refractivity contribution in [2.75, 3.05) is 5.08 Å². The Hall–Kier alpha value is -0.410. The van der Waals surface area contributed by atoms with Crippen LogP contribution in [0.4, 0.5) is 5.69 Å². The van der Waals surface area contributed by atoms with E-state index in [-0.39, 0.29) is 0 Å². The molecule has 0 saturated carbocycles. The molecule has 2 rings (SSSR count). The summed E-state index contributed by atoms with van der Waals surface area (Å²) in [5, 5.41) is 1.16. The number of hydrogen-bond donors (Lipinski definition) is 0. The first-order chi connectivity index (χ1) is 5.86. The van der Waals surface area contributed by atoms with E-state index in [4.69, 9.17) is 0 Å². The van der Waals surface area contributed by atoms with Gasteiger partial charge in [0.2, 0.25) is 0 Å². The van der Waals surface area contributed by atoms with Crippen molar-refractivity contribution >= 4 is 33.6 Å². The van der Waals surface area contributed by atoms with Crippen LogP contribution in [0.3, 0.4) is 0 Å². The van der Waals surface area contributed by atoms with Gasteiger partial charge in [-0.1, -0.05) is 41.7 Å². The van der Waals surface area contributed by atoms with Crippen molar-refractivity contribution in [3.63, 3.8) is 0 Å². The van der Waals surface area contributed by atoms with Gasteiger partial charge >= 0.3 is 0 Å². The van der Waals surface area contributed by atoms with Gasteiger partial charge in [-0.2, -0.15) is 0 Å². The van der Waals surface area contributed by atoms with Crippen molar-refractivity contribution in [1.82, 2.24) is 0 Å². The van der Waals surface area contributed by atoms with Crippen LogP contribution in [0.15, 0.2) is 29.3 Å². The van der Waals surface area contributed by atoms with Crippen molar-refractivity contribution in [1.29, 1.82) is 0 Å². The molecule has 1 aromatic carbocycles. The highest BCUT2D eigenvalue weighted by molar-refractivity contribution is 8.52. The van der Waals surface area contributed by atoms with E-state index in [0.717, 1.165) is 10.8 Å². The Labute approximate surface area is 80.7 Å². The maximum atomic E-state index is 4.51. The highest BCUT2D eigenvalue weighted by Gasteiger charge is 2.11. The van der Waals surface area contributed by atoms with Gasteiger partial charge in [-0.3, -0.25) is 0 Å². The summed E-state index contributed by atoms with van der Waals surface area (Å²) in [5.74, 6) is 0. The Balaban J connectivity index is 2.27. The molecule has 0 aliphatic carbocycles. The van der Waals surface area contributed by atoms with Gasteiger partial charge in [0.25, 0.3) is 0 Å². The van der Waals surface area contributed by atoms with Gasteiger partial charge in [-0.25, -0.2) is 4.99 Å². The monoisotopic (exact) mass is 195 g/mol. The molecule has 1 nitrogen and oxygen atoms in total. The van der Waals surface area contributed by atoms with Crippen molar-refractivity contribution in [2.24, 2.45) is 4.99 Å². The van der Waals surface area contributed by atoms with Crippen molar-refractivity contribution < 1.29 is 0 Å². The zero-order valence-electron chi connectivity index (χ0n) is 6.78. The molecule has 12 heavy (non-hydrogen) atoms. The molecule has 1 aliphatic rings. The summed E-state index contributed by atoms with van der Waals surface area (Å²) in [6, 6.07) is 8.22. The average Bonchev–Trinajstić information content (AvgIpc) is 2.00. The lowest BCUT2D eigenvalue weighted by Crippen LogP contribution is -1.97. The van der Waals surface area contributed by atoms with E-state index in [0.29, 0.717) is 0 Å². The van der Waals surface area contributed by atoms with Crippen LogP contribution in [-0.4, -0.2) is 9.46 Å². The van der Waals surface area contributed by atoms with Crippen LogP contribution in [-0.2, 0) is 0 Å². The lowest BCUT2D eigenvalue weighted by atomic mass is 10.2. The molecule has 0 spiro atoms. The zero-order valence-corrected chi connectivity index (χ0v) is 8.41. The van der Waals surface area contributed by atoms with Gasteiger partial charge < -0.3 is 0 Å². The van der Waals surface area contributed by atoms with Crippen LogP contribution < -0.4 is 0 Å². The Morgan fingerprint density at radius 2 is 2.00 bits per heavy atom. The fourth-order valence-electron chi connectivity index (χ4n) is 0.963. The minimum absolute atomic E-state index is 1.10. The first-order valence-electron chi connectivity index (χ1n) is 3.76. The lowest BCUT2D eigenvalue weighted by Gasteiger charge is -2.12. The van der Waals surface area contributed by atoms with Gasteiger partial charge in [-0.05, 0) is 18.6 Å². The molecule has 0 N–H and O–H groups in total. The zero-order chi connectivity index (χ0) is 8.39. The largest absolute Gasteiger partial charge is 0.235 e. The summed E-state index contributed by atoms with van der Waals surface area (Å²) < 4.78 is 1.20. The number of rotatable bonds is 1. The molecule has 0 aromatic heterocycles. The van der Waals surface area contributed by atoms with Gasteiger partial charge in [0.15, 0.2) is 0 Å². The van der Waals surface area contributed by atoms with E-state index in [1.807, 2.05) is 35.7 Å². The second-order valence-corrected chi connectivity index (χ2v) is 5.12. The quantitative estimate of drug-likeness (QED) is 0.680. The maximum absolute atomic E-state index is 4.51. The standard InChI is InChI=1S/C9H9NS2/c1-7-4-2-3-5-8(7)10-9-11-6-12-9/h2-5H,6H2,1H3. The summed E-state index contributed by atoms with van der Waals surface area (Å²) >= 11 is 3.64. The number of benzene rings is 1. The number of para-hydroxylation sites is 1. The normalized spacial score (nSPS) is 15.6. The Morgan fingerprint density at radius 3 is 2.58 bits per heavy atom. The van der Waals surface area contributed by atoms with Crippen LogP contribution in [0.1, 0.15) is 5.56 Å². The molecule has 0 amide bonds.